The van der Waals surface area contributed by atoms with Crippen LogP contribution in [0.15, 0.2) is 42.5 Å². The van der Waals surface area contributed by atoms with Crippen molar-refractivity contribution < 1.29 is 32.9 Å². The van der Waals surface area contributed by atoms with Crippen LogP contribution in [0.5, 0.6) is 11.5 Å². The molecule has 2 aromatic rings. The molecular formula is C31H41F3N2O4. The normalized spacial score (nSPS) is 22.9. The van der Waals surface area contributed by atoms with E-state index in [1.165, 1.54) is 68.1 Å². The maximum absolute atomic E-state index is 10.6. The number of carbonyl (C=O) groups is 1. The topological polar surface area (TPSA) is 82.0 Å². The zero-order valence-corrected chi connectivity index (χ0v) is 23.1. The molecule has 2 fully saturated rings. The van der Waals surface area contributed by atoms with E-state index in [4.69, 9.17) is 14.6 Å². The molecule has 9 heteroatoms. The molecule has 0 bridgehead atoms. The van der Waals surface area contributed by atoms with Gasteiger partial charge in [0.05, 0.1) is 0 Å². The van der Waals surface area contributed by atoms with Crippen LogP contribution in [0.25, 0.3) is 0 Å². The summed E-state index contributed by atoms with van der Waals surface area (Å²) in [6, 6.07) is 16.4. The SMILES string of the molecule is CC(Oc1ccc(CC2c3ccc(O)cc3CCN2C2CCCCC2)cc1)C1CCCCN1.O=C(O)C(F)(F)F. The van der Waals surface area contributed by atoms with Crippen molar-refractivity contribution in [2.24, 2.45) is 0 Å². The summed E-state index contributed by atoms with van der Waals surface area (Å²) in [4.78, 5) is 11.7. The number of aliphatic carboxylic acids is 1. The minimum atomic E-state index is -5.08. The third-order valence-corrected chi connectivity index (χ3v) is 8.40. The maximum atomic E-state index is 10.6. The van der Waals surface area contributed by atoms with Gasteiger partial charge in [-0.3, -0.25) is 4.90 Å². The maximum Gasteiger partial charge on any atom is 0.490 e. The Bertz CT molecular complexity index is 1100. The quantitative estimate of drug-likeness (QED) is 0.378. The standard InChI is InChI=1S/C29H40N2O2.C2HF3O2/c1-21(28-9-5-6-17-30-28)33-26-13-10-22(11-14-26)19-29-27-15-12-25(32)20-23(27)16-18-31(29)24-7-3-2-4-8-24;3-2(4,5)1(6)7/h10-15,20-21,24,28-30,32H,2-9,16-19H2,1H3;(H,6,7). The van der Waals surface area contributed by atoms with E-state index in [-0.39, 0.29) is 6.10 Å². The fraction of sp³-hybridized carbons (Fsp3) is 0.581. The summed E-state index contributed by atoms with van der Waals surface area (Å²) in [5.41, 5.74) is 4.08. The summed E-state index contributed by atoms with van der Waals surface area (Å²) in [5.74, 6) is -1.40. The Kier molecular flexibility index (Phi) is 10.4. The highest BCUT2D eigenvalue weighted by Crippen LogP contribution is 2.38. The Morgan fingerprint density at radius 1 is 1.05 bits per heavy atom. The molecule has 1 saturated heterocycles. The van der Waals surface area contributed by atoms with Gasteiger partial charge in [0.1, 0.15) is 17.6 Å². The number of nitrogens with one attached hydrogen (secondary N) is 1. The molecule has 0 amide bonds. The van der Waals surface area contributed by atoms with Crippen molar-refractivity contribution in [3.63, 3.8) is 0 Å². The van der Waals surface area contributed by atoms with Gasteiger partial charge in [0.15, 0.2) is 0 Å². The van der Waals surface area contributed by atoms with Gasteiger partial charge in [0, 0.05) is 24.7 Å². The lowest BCUT2D eigenvalue weighted by Gasteiger charge is -2.44. The minimum Gasteiger partial charge on any atom is -0.508 e. The number of carboxylic acids is 1. The Morgan fingerprint density at radius 2 is 1.73 bits per heavy atom. The number of hydrogen-bond donors (Lipinski definition) is 3. The largest absolute Gasteiger partial charge is 0.508 e. The Morgan fingerprint density at radius 3 is 2.35 bits per heavy atom. The Labute approximate surface area is 234 Å². The third-order valence-electron chi connectivity index (χ3n) is 8.40. The van der Waals surface area contributed by atoms with Crippen molar-refractivity contribution in [2.75, 3.05) is 13.1 Å². The molecule has 1 saturated carbocycles. The van der Waals surface area contributed by atoms with Crippen molar-refractivity contribution in [3.05, 3.63) is 59.2 Å². The zero-order chi connectivity index (χ0) is 28.7. The smallest absolute Gasteiger partial charge is 0.490 e. The number of nitrogens with zero attached hydrogens (tertiary/aromatic N) is 1. The lowest BCUT2D eigenvalue weighted by atomic mass is 9.84. The van der Waals surface area contributed by atoms with Crippen LogP contribution in [0, 0.1) is 0 Å². The number of aromatic hydroxyl groups is 1. The van der Waals surface area contributed by atoms with E-state index < -0.39 is 12.1 Å². The van der Waals surface area contributed by atoms with E-state index in [1.54, 1.807) is 0 Å². The van der Waals surface area contributed by atoms with Gasteiger partial charge in [-0.2, -0.15) is 13.2 Å². The van der Waals surface area contributed by atoms with E-state index in [1.807, 2.05) is 12.1 Å². The summed E-state index contributed by atoms with van der Waals surface area (Å²) < 4.78 is 38.0. The minimum absolute atomic E-state index is 0.191. The van der Waals surface area contributed by atoms with Crippen LogP contribution in [-0.2, 0) is 17.6 Å². The number of carboxylic acid groups (broad SMARTS) is 1. The number of benzene rings is 2. The molecule has 3 N–H and O–H groups in total. The van der Waals surface area contributed by atoms with Crippen LogP contribution in [0.2, 0.25) is 0 Å². The molecule has 6 nitrogen and oxygen atoms in total. The molecule has 2 heterocycles. The van der Waals surface area contributed by atoms with Gasteiger partial charge in [-0.1, -0.05) is 43.9 Å². The van der Waals surface area contributed by atoms with Crippen LogP contribution in [-0.4, -0.2) is 58.5 Å². The van der Waals surface area contributed by atoms with Gasteiger partial charge < -0.3 is 20.3 Å². The number of hydrogen-bond acceptors (Lipinski definition) is 5. The van der Waals surface area contributed by atoms with E-state index in [0.717, 1.165) is 31.7 Å². The van der Waals surface area contributed by atoms with Crippen LogP contribution in [0.3, 0.4) is 0 Å². The van der Waals surface area contributed by atoms with Crippen molar-refractivity contribution in [3.8, 4) is 11.5 Å². The number of phenolic OH excluding ortho intramolecular Hbond substituents is 1. The summed E-state index contributed by atoms with van der Waals surface area (Å²) in [6.45, 7) is 4.39. The molecular weight excluding hydrogens is 521 g/mol. The van der Waals surface area contributed by atoms with Gasteiger partial charge in [-0.25, -0.2) is 4.79 Å². The van der Waals surface area contributed by atoms with E-state index >= 15 is 0 Å². The molecule has 0 radical (unpaired) electrons. The molecule has 0 spiro atoms. The van der Waals surface area contributed by atoms with E-state index in [0.29, 0.717) is 23.9 Å². The predicted octanol–water partition coefficient (Wildman–Crippen LogP) is 6.41. The molecule has 3 aliphatic rings. The van der Waals surface area contributed by atoms with E-state index in [2.05, 4.69) is 47.5 Å². The molecule has 2 aliphatic heterocycles. The third kappa shape index (κ3) is 8.13. The molecule has 3 atom stereocenters. The average Bonchev–Trinajstić information content (AvgIpc) is 2.95. The molecule has 40 heavy (non-hydrogen) atoms. The van der Waals surface area contributed by atoms with Crippen LogP contribution in [0.1, 0.15) is 81.0 Å². The number of ether oxygens (including phenoxy) is 1. The number of piperidine rings is 1. The highest BCUT2D eigenvalue weighted by Gasteiger charge is 2.38. The second-order valence-corrected chi connectivity index (χ2v) is 11.2. The molecule has 1 aliphatic carbocycles. The van der Waals surface area contributed by atoms with Crippen LogP contribution < -0.4 is 10.1 Å². The summed E-state index contributed by atoms with van der Waals surface area (Å²) in [6.07, 6.45) is 7.67. The van der Waals surface area contributed by atoms with Gasteiger partial charge in [0.25, 0.3) is 0 Å². The van der Waals surface area contributed by atoms with Gasteiger partial charge in [-0.15, -0.1) is 0 Å². The Hall–Kier alpha value is -2.78. The number of alkyl halides is 3. The van der Waals surface area contributed by atoms with Crippen LogP contribution >= 0.6 is 0 Å². The number of fused-ring (bicyclic) bond motifs is 1. The van der Waals surface area contributed by atoms with Crippen molar-refractivity contribution in [1.82, 2.24) is 10.2 Å². The zero-order valence-electron chi connectivity index (χ0n) is 23.1. The second-order valence-electron chi connectivity index (χ2n) is 11.2. The van der Waals surface area contributed by atoms with Crippen molar-refractivity contribution in [1.29, 1.82) is 0 Å². The monoisotopic (exact) mass is 562 g/mol. The van der Waals surface area contributed by atoms with Gasteiger partial charge in [0.2, 0.25) is 0 Å². The molecule has 0 aromatic heterocycles. The van der Waals surface area contributed by atoms with Crippen LogP contribution in [0.4, 0.5) is 13.2 Å². The number of rotatable bonds is 6. The fourth-order valence-electron chi connectivity index (χ4n) is 6.30. The lowest BCUT2D eigenvalue weighted by Crippen LogP contribution is -2.44. The molecule has 5 rings (SSSR count). The first-order chi connectivity index (χ1) is 19.1. The first-order valence-corrected chi connectivity index (χ1v) is 14.5. The fourth-order valence-corrected chi connectivity index (χ4v) is 6.30. The summed E-state index contributed by atoms with van der Waals surface area (Å²) in [7, 11) is 0. The number of halogens is 3. The average molecular weight is 563 g/mol. The lowest BCUT2D eigenvalue weighted by molar-refractivity contribution is -0.192. The molecule has 3 unspecified atom stereocenters. The van der Waals surface area contributed by atoms with Gasteiger partial charge >= 0.3 is 12.1 Å². The first kappa shape index (κ1) is 30.2. The van der Waals surface area contributed by atoms with Crippen molar-refractivity contribution in [2.45, 2.75) is 102 Å². The highest BCUT2D eigenvalue weighted by molar-refractivity contribution is 5.73. The van der Waals surface area contributed by atoms with Gasteiger partial charge in [-0.05, 0) is 92.9 Å². The second kappa shape index (κ2) is 13.7. The highest BCUT2D eigenvalue weighted by atomic mass is 19.4. The number of phenols is 1. The predicted molar refractivity (Wildman–Crippen MR) is 148 cm³/mol. The Balaban J connectivity index is 0.000000470. The van der Waals surface area contributed by atoms with Crippen molar-refractivity contribution >= 4 is 5.97 Å². The van der Waals surface area contributed by atoms with E-state index in [9.17, 15) is 18.3 Å². The first-order valence-electron chi connectivity index (χ1n) is 14.5. The molecule has 2 aromatic carbocycles. The summed E-state index contributed by atoms with van der Waals surface area (Å²) in [5, 5.41) is 20.8. The summed E-state index contributed by atoms with van der Waals surface area (Å²) >= 11 is 0. The molecule has 220 valence electrons.